The molecule has 4 bridgehead atoms. The average Bonchev–Trinajstić information content (AvgIpc) is 3.90. The smallest absolute Gasteiger partial charge is 0.145 e. The molecule has 0 radical (unpaired) electrons. The van der Waals surface area contributed by atoms with Gasteiger partial charge in [0, 0.05) is 38.6 Å². The Balaban J connectivity index is 1.20. The Kier molecular flexibility index (Phi) is 5.96. The van der Waals surface area contributed by atoms with Crippen molar-refractivity contribution in [2.75, 3.05) is 4.90 Å². The summed E-state index contributed by atoms with van der Waals surface area (Å²) in [6, 6.07) is 59.7. The quantitative estimate of drug-likeness (QED) is 0.175. The number of nitrogens with zero attached hydrogens (tertiary/aromatic N) is 1. The van der Waals surface area contributed by atoms with E-state index in [4.69, 9.17) is 4.42 Å². The number of benzene rings is 8. The third-order valence-electron chi connectivity index (χ3n) is 14.7. The molecule has 2 heteroatoms. The van der Waals surface area contributed by atoms with E-state index in [1.807, 2.05) is 0 Å². The molecule has 58 heavy (non-hydrogen) atoms. The maximum absolute atomic E-state index is 7.20. The maximum atomic E-state index is 7.20. The molecule has 1 aromatic heterocycles. The number of anilines is 3. The highest BCUT2D eigenvalue weighted by Crippen LogP contribution is 2.61. The maximum Gasteiger partial charge on any atom is 0.145 e. The first kappa shape index (κ1) is 32.4. The Labute approximate surface area is 339 Å². The summed E-state index contributed by atoms with van der Waals surface area (Å²) in [5, 5.41) is 2.28. The Morgan fingerprint density at radius 2 is 0.983 bits per heavy atom. The van der Waals surface area contributed by atoms with Gasteiger partial charge in [-0.3, -0.25) is 0 Å². The van der Waals surface area contributed by atoms with Crippen LogP contribution in [0.5, 0.6) is 0 Å². The van der Waals surface area contributed by atoms with Gasteiger partial charge >= 0.3 is 0 Å². The summed E-state index contributed by atoms with van der Waals surface area (Å²) >= 11 is 0. The van der Waals surface area contributed by atoms with Crippen LogP contribution in [0, 0.1) is 0 Å². The minimum atomic E-state index is -0.391. The lowest BCUT2D eigenvalue weighted by Crippen LogP contribution is -2.24. The van der Waals surface area contributed by atoms with Crippen LogP contribution in [0.15, 0.2) is 162 Å². The van der Waals surface area contributed by atoms with Crippen LogP contribution >= 0.6 is 0 Å². The van der Waals surface area contributed by atoms with Gasteiger partial charge in [-0.15, -0.1) is 0 Å². The van der Waals surface area contributed by atoms with Crippen molar-refractivity contribution in [3.05, 3.63) is 197 Å². The molecule has 9 aromatic rings. The van der Waals surface area contributed by atoms with Crippen LogP contribution in [0.3, 0.4) is 0 Å². The van der Waals surface area contributed by atoms with E-state index in [0.717, 1.165) is 50.1 Å². The number of hydrogen-bond acceptors (Lipinski definition) is 2. The molecule has 1 aliphatic heterocycles. The van der Waals surface area contributed by atoms with Crippen LogP contribution in [0.25, 0.3) is 66.4 Å². The first-order chi connectivity index (χ1) is 28.2. The lowest BCUT2D eigenvalue weighted by atomic mass is 9.71. The molecule has 0 amide bonds. The van der Waals surface area contributed by atoms with Crippen LogP contribution in [0.2, 0.25) is 0 Å². The fourth-order valence-electron chi connectivity index (χ4n) is 11.8. The number of furan rings is 1. The molecule has 1 atom stereocenters. The summed E-state index contributed by atoms with van der Waals surface area (Å²) in [5.41, 5.74) is 24.2. The standard InChI is InChI=1S/C56H41NO/c1-54(2)42-18-11-9-16-36(42)38-24-22-33(28-46(38)54)57-34-23-25-39-37-17-10-12-19-43(37)56(5,48(39)29-34)45-21-13-20-44-51(45)40-30-41-50(31-47(40)55(44,3)4)58-53-35(26-27-49(57)52(41)53)32-14-7-6-8-15-32/h6-31H,1-5H3. The molecule has 0 N–H and O–H groups in total. The molecule has 13 rings (SSSR count). The second kappa shape index (κ2) is 10.6. The van der Waals surface area contributed by atoms with E-state index in [1.54, 1.807) is 0 Å². The van der Waals surface area contributed by atoms with E-state index in [-0.39, 0.29) is 10.8 Å². The van der Waals surface area contributed by atoms with Gasteiger partial charge in [0.2, 0.25) is 0 Å². The minimum absolute atomic E-state index is 0.143. The molecule has 276 valence electrons. The molecule has 4 aliphatic rings. The summed E-state index contributed by atoms with van der Waals surface area (Å²) in [4.78, 5) is 2.52. The van der Waals surface area contributed by atoms with Crippen molar-refractivity contribution in [1.29, 1.82) is 0 Å². The fourth-order valence-corrected chi connectivity index (χ4v) is 11.8. The Morgan fingerprint density at radius 1 is 0.414 bits per heavy atom. The van der Waals surface area contributed by atoms with Gasteiger partial charge in [0.25, 0.3) is 0 Å². The lowest BCUT2D eigenvalue weighted by molar-refractivity contribution is 0.645. The molecule has 8 aromatic carbocycles. The number of rotatable bonds is 2. The predicted molar refractivity (Wildman–Crippen MR) is 240 cm³/mol. The van der Waals surface area contributed by atoms with E-state index in [2.05, 4.69) is 197 Å². The van der Waals surface area contributed by atoms with E-state index in [9.17, 15) is 0 Å². The Morgan fingerprint density at radius 3 is 1.76 bits per heavy atom. The predicted octanol–water partition coefficient (Wildman–Crippen LogP) is 15.0. The van der Waals surface area contributed by atoms with Crippen molar-refractivity contribution in [3.63, 3.8) is 0 Å². The van der Waals surface area contributed by atoms with Gasteiger partial charge in [-0.25, -0.2) is 0 Å². The third-order valence-corrected chi connectivity index (χ3v) is 14.7. The van der Waals surface area contributed by atoms with Gasteiger partial charge < -0.3 is 9.32 Å². The summed E-state index contributed by atoms with van der Waals surface area (Å²) in [6.45, 7) is 12.0. The van der Waals surface area contributed by atoms with Gasteiger partial charge in [-0.2, -0.15) is 0 Å². The first-order valence-electron chi connectivity index (χ1n) is 20.7. The highest BCUT2D eigenvalue weighted by Gasteiger charge is 2.47. The van der Waals surface area contributed by atoms with Crippen LogP contribution < -0.4 is 4.90 Å². The molecular formula is C56H41NO. The molecule has 0 spiro atoms. The van der Waals surface area contributed by atoms with E-state index in [1.165, 1.54) is 72.3 Å². The molecule has 0 saturated carbocycles. The van der Waals surface area contributed by atoms with Crippen LogP contribution in [0.4, 0.5) is 17.1 Å². The van der Waals surface area contributed by atoms with Crippen LogP contribution in [0.1, 0.15) is 73.6 Å². The molecular weight excluding hydrogens is 703 g/mol. The molecule has 2 heterocycles. The zero-order chi connectivity index (χ0) is 38.9. The van der Waals surface area contributed by atoms with Gasteiger partial charge in [0.1, 0.15) is 11.2 Å². The van der Waals surface area contributed by atoms with Crippen molar-refractivity contribution < 1.29 is 4.42 Å². The van der Waals surface area contributed by atoms with Crippen molar-refractivity contribution in [1.82, 2.24) is 0 Å². The van der Waals surface area contributed by atoms with Crippen LogP contribution in [-0.2, 0) is 16.2 Å². The lowest BCUT2D eigenvalue weighted by Gasteiger charge is -2.33. The van der Waals surface area contributed by atoms with Crippen LogP contribution in [-0.4, -0.2) is 0 Å². The molecule has 0 saturated heterocycles. The highest BCUT2D eigenvalue weighted by molar-refractivity contribution is 6.18. The molecule has 0 fully saturated rings. The topological polar surface area (TPSA) is 16.4 Å². The highest BCUT2D eigenvalue weighted by atomic mass is 16.3. The molecule has 2 nitrogen and oxygen atoms in total. The largest absolute Gasteiger partial charge is 0.455 e. The van der Waals surface area contributed by atoms with E-state index >= 15 is 0 Å². The van der Waals surface area contributed by atoms with E-state index < -0.39 is 5.41 Å². The SMILES string of the molecule is CC1(C)c2ccccc2-c2ccc(N3c4ccc5c(c4)C(C)(c4ccccc4-5)c4cccc5c4-c4cc6c(cc4C5(C)C)oc4c(-c5ccccc5)ccc3c46)cc21. The molecule has 1 unspecified atom stereocenters. The summed E-state index contributed by atoms with van der Waals surface area (Å²) in [5.74, 6) is 0. The number of fused-ring (bicyclic) bond motifs is 8. The van der Waals surface area contributed by atoms with Gasteiger partial charge in [0.15, 0.2) is 0 Å². The fraction of sp³-hybridized carbons (Fsp3) is 0.143. The summed E-state index contributed by atoms with van der Waals surface area (Å²) in [7, 11) is 0. The Hall–Kier alpha value is -6.64. The van der Waals surface area contributed by atoms with Gasteiger partial charge in [-0.05, 0) is 133 Å². The molecule has 3 aliphatic carbocycles. The second-order valence-electron chi connectivity index (χ2n) is 18.2. The normalized spacial score (nSPS) is 18.1. The van der Waals surface area contributed by atoms with Gasteiger partial charge in [0.05, 0.1) is 11.1 Å². The van der Waals surface area contributed by atoms with Gasteiger partial charge in [-0.1, -0.05) is 137 Å². The zero-order valence-electron chi connectivity index (χ0n) is 33.4. The van der Waals surface area contributed by atoms with Crippen molar-refractivity contribution in [2.24, 2.45) is 0 Å². The monoisotopic (exact) mass is 743 g/mol. The second-order valence-corrected chi connectivity index (χ2v) is 18.2. The first-order valence-corrected chi connectivity index (χ1v) is 20.7. The average molecular weight is 744 g/mol. The van der Waals surface area contributed by atoms with Crippen molar-refractivity contribution in [3.8, 4) is 44.5 Å². The van der Waals surface area contributed by atoms with Crippen molar-refractivity contribution >= 4 is 39.0 Å². The zero-order valence-corrected chi connectivity index (χ0v) is 33.4. The number of hydrogen-bond donors (Lipinski definition) is 0. The van der Waals surface area contributed by atoms with E-state index in [0.29, 0.717) is 0 Å². The summed E-state index contributed by atoms with van der Waals surface area (Å²) < 4.78 is 7.20. The minimum Gasteiger partial charge on any atom is -0.455 e. The summed E-state index contributed by atoms with van der Waals surface area (Å²) in [6.07, 6.45) is 0. The Bertz CT molecular complexity index is 3310. The third kappa shape index (κ3) is 3.80. The van der Waals surface area contributed by atoms with Crippen molar-refractivity contribution in [2.45, 2.75) is 50.9 Å².